The highest BCUT2D eigenvalue weighted by Gasteiger charge is 2.22. The Bertz CT molecular complexity index is 667. The Morgan fingerprint density at radius 1 is 1.08 bits per heavy atom. The van der Waals surface area contributed by atoms with Crippen LogP contribution in [-0.4, -0.2) is 50.5 Å². The number of benzene rings is 2. The number of nitrogens with zero attached hydrogens (tertiary/aromatic N) is 1. The average Bonchev–Trinajstić information content (AvgIpc) is 2.62. The van der Waals surface area contributed by atoms with Crippen LogP contribution in [0.4, 0.5) is 5.69 Å². The first-order valence-electron chi connectivity index (χ1n) is 9.13. The highest BCUT2D eigenvalue weighted by atomic mass is 16.5. The molecule has 2 aromatic carbocycles. The lowest BCUT2D eigenvalue weighted by Gasteiger charge is -2.34. The van der Waals surface area contributed by atoms with E-state index in [0.29, 0.717) is 6.61 Å². The normalized spacial score (nSPS) is 16.7. The molecule has 25 heavy (non-hydrogen) atoms. The van der Waals surface area contributed by atoms with E-state index >= 15 is 0 Å². The van der Waals surface area contributed by atoms with E-state index in [2.05, 4.69) is 48.2 Å². The van der Waals surface area contributed by atoms with Gasteiger partial charge in [0.05, 0.1) is 26.2 Å². The van der Waals surface area contributed by atoms with Crippen molar-refractivity contribution in [3.05, 3.63) is 59.7 Å². The molecule has 1 heterocycles. The standard InChI is InChI=1S/C21H28N2O2/c1-17-8-9-21(18(2)14-17)25-16-20(24)15-22-10-12-23(13-11-22)19-6-4-3-5-7-19/h3-9,14,20,24H,10-13,15-16H2,1-2H3/p+1. The number of quaternary nitrogens is 1. The van der Waals surface area contributed by atoms with E-state index < -0.39 is 6.10 Å². The summed E-state index contributed by atoms with van der Waals surface area (Å²) in [4.78, 5) is 3.87. The molecule has 3 rings (SSSR count). The highest BCUT2D eigenvalue weighted by Crippen LogP contribution is 2.18. The molecule has 0 spiro atoms. The quantitative estimate of drug-likeness (QED) is 0.835. The third-order valence-corrected chi connectivity index (χ3v) is 4.88. The first kappa shape index (κ1) is 17.8. The third-order valence-electron chi connectivity index (χ3n) is 4.88. The number of anilines is 1. The Kier molecular flexibility index (Phi) is 5.95. The van der Waals surface area contributed by atoms with Crippen molar-refractivity contribution in [2.75, 3.05) is 44.2 Å². The maximum absolute atomic E-state index is 10.3. The third kappa shape index (κ3) is 4.97. The second-order valence-corrected chi connectivity index (χ2v) is 7.01. The number of ether oxygens (including phenoxy) is 1. The van der Waals surface area contributed by atoms with E-state index in [0.717, 1.165) is 44.0 Å². The van der Waals surface area contributed by atoms with Crippen LogP contribution in [0.1, 0.15) is 11.1 Å². The molecule has 1 atom stereocenters. The summed E-state index contributed by atoms with van der Waals surface area (Å²) in [5.74, 6) is 0.869. The van der Waals surface area contributed by atoms with Gasteiger partial charge < -0.3 is 19.6 Å². The summed E-state index contributed by atoms with van der Waals surface area (Å²) in [5.41, 5.74) is 3.64. The van der Waals surface area contributed by atoms with Crippen molar-refractivity contribution in [3.63, 3.8) is 0 Å². The summed E-state index contributed by atoms with van der Waals surface area (Å²) in [6.45, 7) is 9.38. The lowest BCUT2D eigenvalue weighted by atomic mass is 10.1. The summed E-state index contributed by atoms with van der Waals surface area (Å²) < 4.78 is 5.81. The minimum Gasteiger partial charge on any atom is -0.490 e. The molecule has 1 aliphatic rings. The number of para-hydroxylation sites is 1. The largest absolute Gasteiger partial charge is 0.490 e. The molecule has 4 heteroatoms. The monoisotopic (exact) mass is 341 g/mol. The number of hydrogen-bond donors (Lipinski definition) is 2. The zero-order chi connectivity index (χ0) is 17.6. The summed E-state index contributed by atoms with van der Waals surface area (Å²) in [7, 11) is 0. The Morgan fingerprint density at radius 2 is 1.80 bits per heavy atom. The van der Waals surface area contributed by atoms with Crippen LogP contribution >= 0.6 is 0 Å². The predicted octanol–water partition coefficient (Wildman–Crippen LogP) is 1.45. The molecular formula is C21H29N2O2+. The summed E-state index contributed by atoms with van der Waals surface area (Å²) in [5, 5.41) is 10.3. The van der Waals surface area contributed by atoms with Crippen molar-refractivity contribution in [3.8, 4) is 5.75 Å². The van der Waals surface area contributed by atoms with Gasteiger partial charge in [-0.1, -0.05) is 35.9 Å². The van der Waals surface area contributed by atoms with Crippen LogP contribution in [0.5, 0.6) is 5.75 Å². The zero-order valence-corrected chi connectivity index (χ0v) is 15.2. The molecule has 2 aromatic rings. The second-order valence-electron chi connectivity index (χ2n) is 7.01. The van der Waals surface area contributed by atoms with Crippen molar-refractivity contribution >= 4 is 5.69 Å². The molecule has 0 saturated carbocycles. The highest BCUT2D eigenvalue weighted by molar-refractivity contribution is 5.46. The van der Waals surface area contributed by atoms with Gasteiger partial charge in [0.25, 0.3) is 0 Å². The lowest BCUT2D eigenvalue weighted by Crippen LogP contribution is -3.16. The van der Waals surface area contributed by atoms with E-state index in [-0.39, 0.29) is 0 Å². The number of hydrogen-bond acceptors (Lipinski definition) is 3. The minimum absolute atomic E-state index is 0.357. The van der Waals surface area contributed by atoms with Crippen molar-refractivity contribution in [2.45, 2.75) is 20.0 Å². The number of rotatable bonds is 6. The molecule has 2 N–H and O–H groups in total. The predicted molar refractivity (Wildman–Crippen MR) is 102 cm³/mol. The van der Waals surface area contributed by atoms with E-state index in [1.54, 1.807) is 0 Å². The fourth-order valence-electron chi connectivity index (χ4n) is 3.46. The lowest BCUT2D eigenvalue weighted by molar-refractivity contribution is -0.903. The van der Waals surface area contributed by atoms with Crippen LogP contribution in [0.15, 0.2) is 48.5 Å². The van der Waals surface area contributed by atoms with Gasteiger partial charge in [0.2, 0.25) is 0 Å². The molecule has 0 aliphatic carbocycles. The minimum atomic E-state index is -0.432. The van der Waals surface area contributed by atoms with Crippen LogP contribution < -0.4 is 14.5 Å². The molecule has 1 saturated heterocycles. The molecular weight excluding hydrogens is 312 g/mol. The topological polar surface area (TPSA) is 37.1 Å². The summed E-state index contributed by atoms with van der Waals surface area (Å²) in [6.07, 6.45) is -0.432. The number of aryl methyl sites for hydroxylation is 2. The van der Waals surface area contributed by atoms with Crippen LogP contribution in [0.2, 0.25) is 0 Å². The van der Waals surface area contributed by atoms with Crippen LogP contribution in [0, 0.1) is 13.8 Å². The van der Waals surface area contributed by atoms with Gasteiger partial charge in [0, 0.05) is 5.69 Å². The molecule has 0 radical (unpaired) electrons. The van der Waals surface area contributed by atoms with E-state index in [1.807, 2.05) is 19.1 Å². The van der Waals surface area contributed by atoms with Gasteiger partial charge in [-0.3, -0.25) is 0 Å². The Balaban J connectivity index is 1.42. The maximum Gasteiger partial charge on any atom is 0.137 e. The number of aliphatic hydroxyl groups is 1. The molecule has 134 valence electrons. The molecule has 0 amide bonds. The second kappa shape index (κ2) is 8.37. The molecule has 4 nitrogen and oxygen atoms in total. The first-order chi connectivity index (χ1) is 12.1. The maximum atomic E-state index is 10.3. The first-order valence-corrected chi connectivity index (χ1v) is 9.13. The molecule has 0 aromatic heterocycles. The molecule has 0 bridgehead atoms. The average molecular weight is 341 g/mol. The number of nitrogens with one attached hydrogen (secondary N) is 1. The van der Waals surface area contributed by atoms with Crippen molar-refractivity contribution in [1.82, 2.24) is 0 Å². The van der Waals surface area contributed by atoms with Crippen molar-refractivity contribution in [1.29, 1.82) is 0 Å². The van der Waals surface area contributed by atoms with Crippen LogP contribution in [-0.2, 0) is 0 Å². The Morgan fingerprint density at radius 3 is 2.48 bits per heavy atom. The fourth-order valence-corrected chi connectivity index (χ4v) is 3.46. The van der Waals surface area contributed by atoms with Gasteiger partial charge in [-0.05, 0) is 37.6 Å². The van der Waals surface area contributed by atoms with Crippen LogP contribution in [0.3, 0.4) is 0 Å². The van der Waals surface area contributed by atoms with Gasteiger partial charge in [0.1, 0.15) is 25.0 Å². The van der Waals surface area contributed by atoms with E-state index in [1.165, 1.54) is 16.2 Å². The fraction of sp³-hybridized carbons (Fsp3) is 0.429. The molecule has 1 unspecified atom stereocenters. The smallest absolute Gasteiger partial charge is 0.137 e. The Hall–Kier alpha value is -2.04. The molecule has 1 aliphatic heterocycles. The molecule has 1 fully saturated rings. The van der Waals surface area contributed by atoms with Gasteiger partial charge in [-0.25, -0.2) is 0 Å². The summed E-state index contributed by atoms with van der Waals surface area (Å²) in [6, 6.07) is 16.7. The Labute approximate surface area is 150 Å². The van der Waals surface area contributed by atoms with Gasteiger partial charge in [-0.15, -0.1) is 0 Å². The number of aliphatic hydroxyl groups excluding tert-OH is 1. The van der Waals surface area contributed by atoms with Crippen molar-refractivity contribution < 1.29 is 14.7 Å². The van der Waals surface area contributed by atoms with Gasteiger partial charge >= 0.3 is 0 Å². The van der Waals surface area contributed by atoms with Crippen LogP contribution in [0.25, 0.3) is 0 Å². The zero-order valence-electron chi connectivity index (χ0n) is 15.2. The summed E-state index contributed by atoms with van der Waals surface area (Å²) >= 11 is 0. The van der Waals surface area contributed by atoms with Gasteiger partial charge in [0.15, 0.2) is 0 Å². The van der Waals surface area contributed by atoms with E-state index in [9.17, 15) is 5.11 Å². The van der Waals surface area contributed by atoms with Gasteiger partial charge in [-0.2, -0.15) is 0 Å². The number of piperazine rings is 1. The SMILES string of the molecule is Cc1ccc(OCC(O)C[NH+]2CCN(c3ccccc3)CC2)c(C)c1. The van der Waals surface area contributed by atoms with Crippen molar-refractivity contribution in [2.24, 2.45) is 0 Å². The van der Waals surface area contributed by atoms with E-state index in [4.69, 9.17) is 4.74 Å².